The summed E-state index contributed by atoms with van der Waals surface area (Å²) in [5.74, 6) is 0. The third-order valence-electron chi connectivity index (χ3n) is 2.59. The van der Waals surface area contributed by atoms with Gasteiger partial charge in [0.15, 0.2) is 0 Å². The molecule has 106 valence electrons. The van der Waals surface area contributed by atoms with Crippen molar-refractivity contribution in [2.45, 2.75) is 29.7 Å². The van der Waals surface area contributed by atoms with E-state index in [0.717, 1.165) is 23.4 Å². The van der Waals surface area contributed by atoms with Gasteiger partial charge in [0.2, 0.25) is 0 Å². The van der Waals surface area contributed by atoms with E-state index in [-0.39, 0.29) is 0 Å². The monoisotopic (exact) mass is 299 g/mol. The first-order valence-corrected chi connectivity index (χ1v) is 6.58. The van der Waals surface area contributed by atoms with Crippen LogP contribution in [0.1, 0.15) is 16.7 Å². The summed E-state index contributed by atoms with van der Waals surface area (Å²) in [7, 11) is 0. The van der Waals surface area contributed by atoms with Gasteiger partial charge in [-0.15, -0.1) is 0 Å². The number of rotatable bonds is 3. The Hall–Kier alpha value is -1.60. The molecule has 2 aromatic heterocycles. The molecule has 0 bridgehead atoms. The van der Waals surface area contributed by atoms with Gasteiger partial charge in [0.25, 0.3) is 0 Å². The first-order valence-electron chi connectivity index (χ1n) is 5.77. The summed E-state index contributed by atoms with van der Waals surface area (Å²) in [6, 6.07) is 4.25. The van der Waals surface area contributed by atoms with E-state index in [1.54, 1.807) is 6.20 Å². The standard InChI is InChI=1S/C13H12F3N3S/c1-8-4-9(5-17)6-19-12(8)20-11-3-2-10(7-18-11)13(14,15)16/h2-4,6-7H,5,17H2,1H3. The zero-order chi connectivity index (χ0) is 14.8. The van der Waals surface area contributed by atoms with E-state index < -0.39 is 11.7 Å². The van der Waals surface area contributed by atoms with Crippen LogP contribution in [0.15, 0.2) is 40.6 Å². The molecular formula is C13H12F3N3S. The molecule has 0 unspecified atom stereocenters. The number of halogens is 3. The molecule has 0 aliphatic rings. The largest absolute Gasteiger partial charge is 0.417 e. The van der Waals surface area contributed by atoms with Crippen LogP contribution in [-0.4, -0.2) is 9.97 Å². The molecule has 0 fully saturated rings. The molecule has 0 aromatic carbocycles. The van der Waals surface area contributed by atoms with Gasteiger partial charge < -0.3 is 5.73 Å². The summed E-state index contributed by atoms with van der Waals surface area (Å²) in [6.07, 6.45) is -1.89. The number of pyridine rings is 2. The van der Waals surface area contributed by atoms with Gasteiger partial charge in [-0.25, -0.2) is 9.97 Å². The van der Waals surface area contributed by atoms with E-state index in [1.807, 2.05) is 13.0 Å². The molecule has 0 saturated carbocycles. The van der Waals surface area contributed by atoms with Gasteiger partial charge in [-0.2, -0.15) is 13.2 Å². The molecule has 2 N–H and O–H groups in total. The minimum absolute atomic E-state index is 0.400. The van der Waals surface area contributed by atoms with Crippen LogP contribution in [0.25, 0.3) is 0 Å². The lowest BCUT2D eigenvalue weighted by atomic mass is 10.2. The van der Waals surface area contributed by atoms with Crippen LogP contribution in [0.3, 0.4) is 0 Å². The van der Waals surface area contributed by atoms with E-state index >= 15 is 0 Å². The van der Waals surface area contributed by atoms with Crippen LogP contribution in [0.2, 0.25) is 0 Å². The number of hydrogen-bond acceptors (Lipinski definition) is 4. The topological polar surface area (TPSA) is 51.8 Å². The Morgan fingerprint density at radius 3 is 2.45 bits per heavy atom. The average molecular weight is 299 g/mol. The van der Waals surface area contributed by atoms with Gasteiger partial charge in [-0.05, 0) is 41.9 Å². The average Bonchev–Trinajstić information content (AvgIpc) is 2.40. The fraction of sp³-hybridized carbons (Fsp3) is 0.231. The first kappa shape index (κ1) is 14.8. The Morgan fingerprint density at radius 2 is 1.95 bits per heavy atom. The number of nitrogens with zero attached hydrogens (tertiary/aromatic N) is 2. The van der Waals surface area contributed by atoms with Crippen LogP contribution in [0, 0.1) is 6.92 Å². The molecule has 0 aliphatic carbocycles. The fourth-order valence-corrected chi connectivity index (χ4v) is 2.31. The molecule has 3 nitrogen and oxygen atoms in total. The van der Waals surface area contributed by atoms with Gasteiger partial charge in [-0.1, -0.05) is 6.07 Å². The van der Waals surface area contributed by atoms with E-state index in [9.17, 15) is 13.2 Å². The van der Waals surface area contributed by atoms with Crippen LogP contribution in [0.4, 0.5) is 13.2 Å². The Balaban J connectivity index is 2.18. The second-order valence-corrected chi connectivity index (χ2v) is 5.16. The van der Waals surface area contributed by atoms with E-state index in [1.165, 1.54) is 17.8 Å². The van der Waals surface area contributed by atoms with Crippen molar-refractivity contribution in [2.24, 2.45) is 5.73 Å². The molecule has 2 aromatic rings. The van der Waals surface area contributed by atoms with Crippen molar-refractivity contribution in [1.29, 1.82) is 0 Å². The summed E-state index contributed by atoms with van der Waals surface area (Å²) in [5, 5.41) is 1.17. The van der Waals surface area contributed by atoms with Gasteiger partial charge in [0.05, 0.1) is 5.56 Å². The van der Waals surface area contributed by atoms with Gasteiger partial charge >= 0.3 is 6.18 Å². The second-order valence-electron chi connectivity index (χ2n) is 4.15. The van der Waals surface area contributed by atoms with Crippen LogP contribution in [0.5, 0.6) is 0 Å². The highest BCUT2D eigenvalue weighted by molar-refractivity contribution is 7.99. The lowest BCUT2D eigenvalue weighted by Crippen LogP contribution is -2.05. The number of hydrogen-bond donors (Lipinski definition) is 1. The lowest BCUT2D eigenvalue weighted by Gasteiger charge is -2.08. The molecule has 0 spiro atoms. The molecule has 0 saturated heterocycles. The lowest BCUT2D eigenvalue weighted by molar-refractivity contribution is -0.137. The van der Waals surface area contributed by atoms with Gasteiger partial charge in [-0.3, -0.25) is 0 Å². The maximum atomic E-state index is 12.4. The number of aromatic nitrogens is 2. The first-order chi connectivity index (χ1) is 9.40. The Morgan fingerprint density at radius 1 is 1.20 bits per heavy atom. The van der Waals surface area contributed by atoms with Crippen LogP contribution >= 0.6 is 11.8 Å². The fourth-order valence-electron chi connectivity index (χ4n) is 1.55. The Labute approximate surface area is 118 Å². The Kier molecular flexibility index (Phi) is 4.29. The second kappa shape index (κ2) is 5.80. The zero-order valence-corrected chi connectivity index (χ0v) is 11.4. The van der Waals surface area contributed by atoms with Crippen LogP contribution < -0.4 is 5.73 Å². The molecule has 0 amide bonds. The molecular weight excluding hydrogens is 287 g/mol. The molecule has 0 atom stereocenters. The summed E-state index contributed by atoms with van der Waals surface area (Å²) < 4.78 is 37.3. The molecule has 0 aliphatic heterocycles. The normalized spacial score (nSPS) is 11.7. The third-order valence-corrected chi connectivity index (χ3v) is 3.66. The summed E-state index contributed by atoms with van der Waals surface area (Å²) >= 11 is 1.22. The molecule has 2 rings (SSSR count). The SMILES string of the molecule is Cc1cc(CN)cnc1Sc1ccc(C(F)(F)F)cn1. The maximum Gasteiger partial charge on any atom is 0.417 e. The predicted octanol–water partition coefficient (Wildman–Crippen LogP) is 3.41. The predicted molar refractivity (Wildman–Crippen MR) is 70.2 cm³/mol. The zero-order valence-electron chi connectivity index (χ0n) is 10.6. The van der Waals surface area contributed by atoms with E-state index in [4.69, 9.17) is 5.73 Å². The quantitative estimate of drug-likeness (QED) is 0.943. The van der Waals surface area contributed by atoms with Crippen LogP contribution in [-0.2, 0) is 12.7 Å². The van der Waals surface area contributed by atoms with Gasteiger partial charge in [0.1, 0.15) is 10.1 Å². The summed E-state index contributed by atoms with van der Waals surface area (Å²) in [4.78, 5) is 8.04. The number of alkyl halides is 3. The minimum Gasteiger partial charge on any atom is -0.326 e. The van der Waals surface area contributed by atoms with E-state index in [0.29, 0.717) is 16.6 Å². The van der Waals surface area contributed by atoms with Gasteiger partial charge in [0, 0.05) is 18.9 Å². The van der Waals surface area contributed by atoms with Crippen molar-refractivity contribution >= 4 is 11.8 Å². The highest BCUT2D eigenvalue weighted by Gasteiger charge is 2.30. The van der Waals surface area contributed by atoms with Crippen molar-refractivity contribution in [3.63, 3.8) is 0 Å². The van der Waals surface area contributed by atoms with Crippen molar-refractivity contribution in [3.05, 3.63) is 47.3 Å². The Bertz CT molecular complexity index is 597. The molecule has 7 heteroatoms. The highest BCUT2D eigenvalue weighted by atomic mass is 32.2. The summed E-state index contributed by atoms with van der Waals surface area (Å²) in [6.45, 7) is 2.27. The van der Waals surface area contributed by atoms with Crippen molar-refractivity contribution in [1.82, 2.24) is 9.97 Å². The molecule has 20 heavy (non-hydrogen) atoms. The van der Waals surface area contributed by atoms with Crippen molar-refractivity contribution < 1.29 is 13.2 Å². The minimum atomic E-state index is -4.37. The summed E-state index contributed by atoms with van der Waals surface area (Å²) in [5.41, 5.74) is 6.58. The number of aryl methyl sites for hydroxylation is 1. The molecule has 2 heterocycles. The maximum absolute atomic E-state index is 12.4. The van der Waals surface area contributed by atoms with E-state index in [2.05, 4.69) is 9.97 Å². The third kappa shape index (κ3) is 3.49. The smallest absolute Gasteiger partial charge is 0.326 e. The highest BCUT2D eigenvalue weighted by Crippen LogP contribution is 2.31. The molecule has 0 radical (unpaired) electrons. The van der Waals surface area contributed by atoms with Crippen molar-refractivity contribution in [3.8, 4) is 0 Å². The number of nitrogens with two attached hydrogens (primary N) is 1. The van der Waals surface area contributed by atoms with Crippen molar-refractivity contribution in [2.75, 3.05) is 0 Å².